The highest BCUT2D eigenvalue weighted by molar-refractivity contribution is 7.90. The van der Waals surface area contributed by atoms with Crippen molar-refractivity contribution in [1.82, 2.24) is 15.2 Å². The highest BCUT2D eigenvalue weighted by atomic mass is 32.2. The monoisotopic (exact) mass is 347 g/mol. The van der Waals surface area contributed by atoms with Gasteiger partial charge in [-0.1, -0.05) is 0 Å². The number of nitrogens with two attached hydrogens (primary N) is 1. The number of carbonyl (C=O) groups excluding carboxylic acids is 1. The number of sulfonamides is 1. The van der Waals surface area contributed by atoms with Crippen LogP contribution in [0.1, 0.15) is 5.56 Å². The first kappa shape index (κ1) is 16.2. The zero-order valence-corrected chi connectivity index (χ0v) is 13.7. The summed E-state index contributed by atoms with van der Waals surface area (Å²) in [6.07, 6.45) is 7.19. The Morgan fingerprint density at radius 3 is 3.04 bits per heavy atom. The lowest BCUT2D eigenvalue weighted by atomic mass is 10.1. The van der Waals surface area contributed by atoms with Crippen LogP contribution in [0.3, 0.4) is 0 Å². The molecule has 0 aliphatic carbocycles. The molecule has 126 valence electrons. The van der Waals surface area contributed by atoms with E-state index < -0.39 is 10.0 Å². The third kappa shape index (κ3) is 3.62. The molecule has 2 aliphatic heterocycles. The van der Waals surface area contributed by atoms with Crippen molar-refractivity contribution in [2.45, 2.75) is 6.42 Å². The summed E-state index contributed by atoms with van der Waals surface area (Å²) in [7, 11) is -3.52. The summed E-state index contributed by atoms with van der Waals surface area (Å²) in [5, 5.41) is 2.78. The van der Waals surface area contributed by atoms with E-state index in [9.17, 15) is 13.2 Å². The smallest absolute Gasteiger partial charge is 0.256 e. The van der Waals surface area contributed by atoms with Crippen molar-refractivity contribution < 1.29 is 13.2 Å². The van der Waals surface area contributed by atoms with Crippen LogP contribution >= 0.6 is 0 Å². The number of nitrogens with one attached hydrogen (secondary N) is 1. The predicted molar refractivity (Wildman–Crippen MR) is 90.5 cm³/mol. The molecule has 0 unspecified atom stereocenters. The van der Waals surface area contributed by atoms with Crippen LogP contribution < -0.4 is 11.1 Å². The second kappa shape index (κ2) is 6.44. The van der Waals surface area contributed by atoms with E-state index in [1.807, 2.05) is 6.07 Å². The molecule has 3 N–H and O–H groups in total. The van der Waals surface area contributed by atoms with Gasteiger partial charge < -0.3 is 16.0 Å². The van der Waals surface area contributed by atoms with Crippen LogP contribution in [0.4, 0.5) is 5.82 Å². The first-order valence-electron chi connectivity index (χ1n) is 7.41. The van der Waals surface area contributed by atoms with Crippen LogP contribution in [0.15, 0.2) is 46.7 Å². The molecule has 0 aromatic carbocycles. The quantitative estimate of drug-likeness (QED) is 0.780. The van der Waals surface area contributed by atoms with E-state index in [1.165, 1.54) is 0 Å². The van der Waals surface area contributed by atoms with Gasteiger partial charge in [0.2, 0.25) is 0 Å². The lowest BCUT2D eigenvalue weighted by Gasteiger charge is -2.28. The molecule has 2 aliphatic rings. The minimum atomic E-state index is -3.52. The van der Waals surface area contributed by atoms with E-state index in [1.54, 1.807) is 35.5 Å². The fraction of sp³-hybridized carbons (Fsp3) is 0.267. The van der Waals surface area contributed by atoms with Crippen molar-refractivity contribution >= 4 is 27.6 Å². The van der Waals surface area contributed by atoms with Crippen LogP contribution in [-0.4, -0.2) is 48.9 Å². The fourth-order valence-electron chi connectivity index (χ4n) is 2.46. The summed E-state index contributed by atoms with van der Waals surface area (Å²) in [5.41, 5.74) is 6.82. The number of amides is 1. The maximum absolute atomic E-state index is 12.4. The zero-order valence-electron chi connectivity index (χ0n) is 12.8. The average molecular weight is 347 g/mol. The SMILES string of the molecule is Nc1cc(CCNC(=O)C2=CC=CN3CCS(=O)(=O)N=C23)ccn1. The lowest BCUT2D eigenvalue weighted by Crippen LogP contribution is -2.42. The van der Waals surface area contributed by atoms with Gasteiger partial charge in [-0.3, -0.25) is 4.79 Å². The summed E-state index contributed by atoms with van der Waals surface area (Å²) < 4.78 is 27.1. The van der Waals surface area contributed by atoms with Gasteiger partial charge in [0.15, 0.2) is 5.84 Å². The highest BCUT2D eigenvalue weighted by Gasteiger charge is 2.29. The molecule has 0 saturated heterocycles. The number of nitrogens with zero attached hydrogens (tertiary/aromatic N) is 3. The molecule has 0 radical (unpaired) electrons. The van der Waals surface area contributed by atoms with Crippen molar-refractivity contribution in [3.05, 3.63) is 47.8 Å². The second-order valence-corrected chi connectivity index (χ2v) is 7.17. The molecule has 3 rings (SSSR count). The summed E-state index contributed by atoms with van der Waals surface area (Å²) in [6.45, 7) is 0.682. The lowest BCUT2D eigenvalue weighted by molar-refractivity contribution is -0.117. The molecule has 9 heteroatoms. The zero-order chi connectivity index (χ0) is 17.2. The number of fused-ring (bicyclic) bond motifs is 1. The number of anilines is 1. The van der Waals surface area contributed by atoms with Crippen molar-refractivity contribution in [2.24, 2.45) is 4.40 Å². The number of allylic oxidation sites excluding steroid dienone is 2. The molecule has 0 fully saturated rings. The van der Waals surface area contributed by atoms with E-state index in [0.717, 1.165) is 5.56 Å². The first-order chi connectivity index (χ1) is 11.4. The van der Waals surface area contributed by atoms with E-state index in [2.05, 4.69) is 14.7 Å². The van der Waals surface area contributed by atoms with Crippen molar-refractivity contribution in [2.75, 3.05) is 24.6 Å². The van der Waals surface area contributed by atoms with Gasteiger partial charge in [-0.2, -0.15) is 0 Å². The molecule has 1 amide bonds. The van der Waals surface area contributed by atoms with Crippen molar-refractivity contribution in [3.63, 3.8) is 0 Å². The van der Waals surface area contributed by atoms with Crippen LogP contribution in [0, 0.1) is 0 Å². The Hall–Kier alpha value is -2.68. The highest BCUT2D eigenvalue weighted by Crippen LogP contribution is 2.17. The maximum Gasteiger partial charge on any atom is 0.256 e. The van der Waals surface area contributed by atoms with Crippen molar-refractivity contribution in [3.8, 4) is 0 Å². The standard InChI is InChI=1S/C15H17N5O3S/c16-13-10-11(3-5-17-13)4-6-18-15(21)12-2-1-7-20-8-9-24(22,23)19-14(12)20/h1-3,5,7,10H,4,6,8-9H2,(H2,16,17)(H,18,21). The van der Waals surface area contributed by atoms with Gasteiger partial charge in [0.1, 0.15) is 5.82 Å². The second-order valence-electron chi connectivity index (χ2n) is 5.41. The third-order valence-corrected chi connectivity index (χ3v) is 4.80. The number of amidine groups is 1. The summed E-state index contributed by atoms with van der Waals surface area (Å²) in [5.74, 6) is 0.187. The molecule has 0 saturated carbocycles. The Morgan fingerprint density at radius 1 is 1.42 bits per heavy atom. The van der Waals surface area contributed by atoms with Crippen LogP contribution in [0.2, 0.25) is 0 Å². The summed E-state index contributed by atoms with van der Waals surface area (Å²) >= 11 is 0. The molecule has 0 bridgehead atoms. The van der Waals surface area contributed by atoms with Gasteiger partial charge in [0.25, 0.3) is 15.9 Å². The number of hydrogen-bond donors (Lipinski definition) is 2. The molecular weight excluding hydrogens is 330 g/mol. The number of nitrogen functional groups attached to an aromatic ring is 1. The average Bonchev–Trinajstić information content (AvgIpc) is 2.53. The number of carbonyl (C=O) groups is 1. The molecule has 1 aromatic rings. The number of pyridine rings is 1. The van der Waals surface area contributed by atoms with Gasteiger partial charge in [-0.15, -0.1) is 4.40 Å². The van der Waals surface area contributed by atoms with Crippen LogP contribution in [-0.2, 0) is 21.2 Å². The Kier molecular flexibility index (Phi) is 4.34. The van der Waals surface area contributed by atoms with Gasteiger partial charge >= 0.3 is 0 Å². The Bertz CT molecular complexity index is 858. The van der Waals surface area contributed by atoms with Gasteiger partial charge in [0, 0.05) is 25.5 Å². The largest absolute Gasteiger partial charge is 0.384 e. The minimum absolute atomic E-state index is 0.0563. The van der Waals surface area contributed by atoms with E-state index in [-0.39, 0.29) is 23.1 Å². The molecule has 3 heterocycles. The maximum atomic E-state index is 12.4. The molecule has 8 nitrogen and oxygen atoms in total. The summed E-state index contributed by atoms with van der Waals surface area (Å²) in [4.78, 5) is 17.9. The summed E-state index contributed by atoms with van der Waals surface area (Å²) in [6, 6.07) is 3.57. The van der Waals surface area contributed by atoms with E-state index >= 15 is 0 Å². The molecule has 1 aromatic heterocycles. The van der Waals surface area contributed by atoms with Gasteiger partial charge in [-0.25, -0.2) is 13.4 Å². The topological polar surface area (TPSA) is 118 Å². The fourth-order valence-corrected chi connectivity index (χ4v) is 3.44. The number of rotatable bonds is 4. The minimum Gasteiger partial charge on any atom is -0.384 e. The van der Waals surface area contributed by atoms with E-state index in [0.29, 0.717) is 25.3 Å². The van der Waals surface area contributed by atoms with Gasteiger partial charge in [-0.05, 0) is 36.3 Å². The normalized spacial score (nSPS) is 18.4. The Balaban J connectivity index is 1.67. The Labute approximate surface area is 139 Å². The molecule has 24 heavy (non-hydrogen) atoms. The number of hydrogen-bond acceptors (Lipinski definition) is 6. The van der Waals surface area contributed by atoms with Crippen LogP contribution in [0.25, 0.3) is 0 Å². The van der Waals surface area contributed by atoms with E-state index in [4.69, 9.17) is 5.73 Å². The molecule has 0 spiro atoms. The number of aromatic nitrogens is 1. The first-order valence-corrected chi connectivity index (χ1v) is 9.02. The third-order valence-electron chi connectivity index (χ3n) is 3.65. The van der Waals surface area contributed by atoms with Gasteiger partial charge in [0.05, 0.1) is 11.3 Å². The molecular formula is C15H17N5O3S. The predicted octanol–water partition coefficient (Wildman–Crippen LogP) is -0.180. The molecule has 0 atom stereocenters. The van der Waals surface area contributed by atoms with Crippen LogP contribution in [0.5, 0.6) is 0 Å². The van der Waals surface area contributed by atoms with Crippen molar-refractivity contribution in [1.29, 1.82) is 0 Å². The Morgan fingerprint density at radius 2 is 2.25 bits per heavy atom.